The lowest BCUT2D eigenvalue weighted by atomic mass is 10.0. The number of piperazine rings is 1. The first kappa shape index (κ1) is 15.0. The summed E-state index contributed by atoms with van der Waals surface area (Å²) in [6, 6.07) is 0.795. The number of hydrogen-bond donors (Lipinski definition) is 1. The molecule has 0 saturated carbocycles. The van der Waals surface area contributed by atoms with Gasteiger partial charge in [-0.2, -0.15) is 0 Å². The molecule has 102 valence electrons. The van der Waals surface area contributed by atoms with Gasteiger partial charge < -0.3 is 10.2 Å². The molecule has 0 aromatic heterocycles. The van der Waals surface area contributed by atoms with Crippen LogP contribution in [0.1, 0.15) is 64.7 Å². The summed E-state index contributed by atoms with van der Waals surface area (Å²) >= 11 is 0. The summed E-state index contributed by atoms with van der Waals surface area (Å²) in [6.07, 6.45) is 12.9. The minimum atomic E-state index is 0.795. The van der Waals surface area contributed by atoms with E-state index < -0.39 is 0 Å². The zero-order valence-electron chi connectivity index (χ0n) is 12.0. The lowest BCUT2D eigenvalue weighted by molar-refractivity contribution is 0.187. The maximum atomic E-state index is 3.50. The minimum absolute atomic E-state index is 0.795. The first-order chi connectivity index (χ1) is 8.34. The van der Waals surface area contributed by atoms with E-state index in [1.165, 1.54) is 77.4 Å². The molecule has 1 heterocycles. The van der Waals surface area contributed by atoms with E-state index in [1.807, 2.05) is 0 Å². The SMILES string of the molecule is CCCCCCCCCCC1CNCCN1C. The average molecular weight is 240 g/mol. The van der Waals surface area contributed by atoms with Gasteiger partial charge in [0.05, 0.1) is 0 Å². The van der Waals surface area contributed by atoms with Crippen LogP contribution in [0, 0.1) is 0 Å². The molecular formula is C15H32N2. The molecule has 0 bridgehead atoms. The van der Waals surface area contributed by atoms with Crippen LogP contribution in [0.3, 0.4) is 0 Å². The van der Waals surface area contributed by atoms with Crippen molar-refractivity contribution in [1.82, 2.24) is 10.2 Å². The van der Waals surface area contributed by atoms with Gasteiger partial charge in [-0.15, -0.1) is 0 Å². The molecule has 17 heavy (non-hydrogen) atoms. The third-order valence-corrected chi connectivity index (χ3v) is 4.04. The van der Waals surface area contributed by atoms with Gasteiger partial charge in [0.1, 0.15) is 0 Å². The van der Waals surface area contributed by atoms with Gasteiger partial charge in [-0.05, 0) is 13.5 Å². The molecule has 2 heteroatoms. The van der Waals surface area contributed by atoms with Gasteiger partial charge in [-0.3, -0.25) is 0 Å². The lowest BCUT2D eigenvalue weighted by Crippen LogP contribution is -2.49. The van der Waals surface area contributed by atoms with Crippen molar-refractivity contribution in [2.75, 3.05) is 26.7 Å². The molecular weight excluding hydrogens is 208 g/mol. The van der Waals surface area contributed by atoms with Crippen molar-refractivity contribution >= 4 is 0 Å². The monoisotopic (exact) mass is 240 g/mol. The smallest absolute Gasteiger partial charge is 0.0218 e. The lowest BCUT2D eigenvalue weighted by Gasteiger charge is -2.33. The highest BCUT2D eigenvalue weighted by molar-refractivity contribution is 4.76. The predicted molar refractivity (Wildman–Crippen MR) is 76.5 cm³/mol. The molecule has 1 atom stereocenters. The highest BCUT2D eigenvalue weighted by Gasteiger charge is 2.17. The first-order valence-corrected chi connectivity index (χ1v) is 7.75. The average Bonchev–Trinajstić information content (AvgIpc) is 2.35. The van der Waals surface area contributed by atoms with Crippen LogP contribution in [0.4, 0.5) is 0 Å². The van der Waals surface area contributed by atoms with Crippen molar-refractivity contribution in [3.63, 3.8) is 0 Å². The zero-order valence-corrected chi connectivity index (χ0v) is 12.0. The fourth-order valence-corrected chi connectivity index (χ4v) is 2.70. The Morgan fingerprint density at radius 3 is 2.29 bits per heavy atom. The molecule has 0 radical (unpaired) electrons. The van der Waals surface area contributed by atoms with E-state index in [0.29, 0.717) is 0 Å². The van der Waals surface area contributed by atoms with Crippen molar-refractivity contribution < 1.29 is 0 Å². The molecule has 1 aliphatic heterocycles. The third-order valence-electron chi connectivity index (χ3n) is 4.04. The summed E-state index contributed by atoms with van der Waals surface area (Å²) in [5.74, 6) is 0. The van der Waals surface area contributed by atoms with Crippen LogP contribution >= 0.6 is 0 Å². The normalized spacial score (nSPS) is 21.9. The van der Waals surface area contributed by atoms with E-state index in [1.54, 1.807) is 0 Å². The number of unbranched alkanes of at least 4 members (excludes halogenated alkanes) is 7. The van der Waals surface area contributed by atoms with E-state index >= 15 is 0 Å². The van der Waals surface area contributed by atoms with E-state index in [9.17, 15) is 0 Å². The summed E-state index contributed by atoms with van der Waals surface area (Å²) in [4.78, 5) is 2.53. The Bertz CT molecular complexity index is 170. The molecule has 2 nitrogen and oxygen atoms in total. The second kappa shape index (κ2) is 9.90. The minimum Gasteiger partial charge on any atom is -0.314 e. The molecule has 1 unspecified atom stereocenters. The number of nitrogens with one attached hydrogen (secondary N) is 1. The largest absolute Gasteiger partial charge is 0.314 e. The first-order valence-electron chi connectivity index (χ1n) is 7.75. The van der Waals surface area contributed by atoms with Crippen LogP contribution in [-0.4, -0.2) is 37.6 Å². The quantitative estimate of drug-likeness (QED) is 0.621. The summed E-state index contributed by atoms with van der Waals surface area (Å²) in [5.41, 5.74) is 0. The highest BCUT2D eigenvalue weighted by Crippen LogP contribution is 2.13. The van der Waals surface area contributed by atoms with E-state index in [-0.39, 0.29) is 0 Å². The predicted octanol–water partition coefficient (Wildman–Crippen LogP) is 3.42. The van der Waals surface area contributed by atoms with Gasteiger partial charge >= 0.3 is 0 Å². The summed E-state index contributed by atoms with van der Waals surface area (Å²) in [6.45, 7) is 5.88. The van der Waals surface area contributed by atoms with Gasteiger partial charge in [0.15, 0.2) is 0 Å². The molecule has 1 fully saturated rings. The Morgan fingerprint density at radius 1 is 1.00 bits per heavy atom. The maximum absolute atomic E-state index is 3.50. The topological polar surface area (TPSA) is 15.3 Å². The second-order valence-corrected chi connectivity index (χ2v) is 5.60. The Balaban J connectivity index is 1.86. The fourth-order valence-electron chi connectivity index (χ4n) is 2.70. The molecule has 0 aromatic carbocycles. The second-order valence-electron chi connectivity index (χ2n) is 5.60. The summed E-state index contributed by atoms with van der Waals surface area (Å²) < 4.78 is 0. The van der Waals surface area contributed by atoms with E-state index in [2.05, 4.69) is 24.2 Å². The number of hydrogen-bond acceptors (Lipinski definition) is 2. The van der Waals surface area contributed by atoms with Crippen molar-refractivity contribution in [2.45, 2.75) is 70.8 Å². The molecule has 0 aliphatic carbocycles. The van der Waals surface area contributed by atoms with Crippen molar-refractivity contribution in [3.05, 3.63) is 0 Å². The van der Waals surface area contributed by atoms with Crippen LogP contribution in [0.5, 0.6) is 0 Å². The van der Waals surface area contributed by atoms with Crippen molar-refractivity contribution in [3.8, 4) is 0 Å². The van der Waals surface area contributed by atoms with Gasteiger partial charge in [0.25, 0.3) is 0 Å². The molecule has 0 amide bonds. The third kappa shape index (κ3) is 7.05. The van der Waals surface area contributed by atoms with Crippen LogP contribution in [0.15, 0.2) is 0 Å². The fraction of sp³-hybridized carbons (Fsp3) is 1.00. The summed E-state index contributed by atoms with van der Waals surface area (Å²) in [7, 11) is 2.27. The van der Waals surface area contributed by atoms with E-state index in [0.717, 1.165) is 6.04 Å². The Kier molecular flexibility index (Phi) is 8.72. The van der Waals surface area contributed by atoms with E-state index in [4.69, 9.17) is 0 Å². The molecule has 0 aromatic rings. The molecule has 1 saturated heterocycles. The van der Waals surface area contributed by atoms with Gasteiger partial charge in [-0.25, -0.2) is 0 Å². The molecule has 1 N–H and O–H groups in total. The van der Waals surface area contributed by atoms with Gasteiger partial charge in [-0.1, -0.05) is 58.3 Å². The van der Waals surface area contributed by atoms with Crippen molar-refractivity contribution in [2.24, 2.45) is 0 Å². The molecule has 1 aliphatic rings. The summed E-state index contributed by atoms with van der Waals surface area (Å²) in [5, 5.41) is 3.50. The molecule has 1 rings (SSSR count). The zero-order chi connectivity index (χ0) is 12.3. The Hall–Kier alpha value is -0.0800. The number of nitrogens with zero attached hydrogens (tertiary/aromatic N) is 1. The standard InChI is InChI=1S/C15H32N2/c1-3-4-5-6-7-8-9-10-11-15-14-16-12-13-17(15)2/h15-16H,3-14H2,1-2H3. The highest BCUT2D eigenvalue weighted by atomic mass is 15.2. The van der Waals surface area contributed by atoms with Crippen LogP contribution in [-0.2, 0) is 0 Å². The Morgan fingerprint density at radius 2 is 1.65 bits per heavy atom. The van der Waals surface area contributed by atoms with Gasteiger partial charge in [0, 0.05) is 25.7 Å². The molecule has 0 spiro atoms. The number of rotatable bonds is 9. The number of likely N-dealkylation sites (N-methyl/N-ethyl adjacent to an activating group) is 1. The van der Waals surface area contributed by atoms with Crippen LogP contribution in [0.2, 0.25) is 0 Å². The maximum Gasteiger partial charge on any atom is 0.0218 e. The Labute approximate surface area is 108 Å². The van der Waals surface area contributed by atoms with Crippen LogP contribution < -0.4 is 5.32 Å². The van der Waals surface area contributed by atoms with Crippen molar-refractivity contribution in [1.29, 1.82) is 0 Å². The van der Waals surface area contributed by atoms with Crippen LogP contribution in [0.25, 0.3) is 0 Å². The van der Waals surface area contributed by atoms with Gasteiger partial charge in [0.2, 0.25) is 0 Å².